The minimum Gasteiger partial charge on any atom is -0.507 e. The topological polar surface area (TPSA) is 80.7 Å². The molecule has 2 aliphatic carbocycles. The number of hydrogen-bond acceptors (Lipinski definition) is 5. The van der Waals surface area contributed by atoms with E-state index in [1.54, 1.807) is 0 Å². The summed E-state index contributed by atoms with van der Waals surface area (Å²) in [6.45, 7) is 0. The second-order valence-corrected chi connectivity index (χ2v) is 7.84. The zero-order chi connectivity index (χ0) is 19.2. The van der Waals surface area contributed by atoms with Crippen LogP contribution in [0.3, 0.4) is 0 Å². The lowest BCUT2D eigenvalue weighted by Gasteiger charge is -2.20. The molecular weight excluding hydrogens is 344 g/mol. The fourth-order valence-electron chi connectivity index (χ4n) is 4.16. The summed E-state index contributed by atoms with van der Waals surface area (Å²) in [6.07, 6.45) is 9.56. The van der Waals surface area contributed by atoms with Crippen molar-refractivity contribution in [2.45, 2.75) is 70.6 Å². The Hall–Kier alpha value is -2.17. The first-order valence-corrected chi connectivity index (χ1v) is 10.1. The van der Waals surface area contributed by atoms with Gasteiger partial charge in [-0.25, -0.2) is 0 Å². The molecule has 5 nitrogen and oxygen atoms in total. The first-order valence-electron chi connectivity index (χ1n) is 10.1. The number of carbonyl (C=O) groups is 3. The normalized spacial score (nSPS) is 18.8. The fourth-order valence-corrected chi connectivity index (χ4v) is 4.16. The van der Waals surface area contributed by atoms with Gasteiger partial charge < -0.3 is 9.84 Å². The maximum atomic E-state index is 12.5. The van der Waals surface area contributed by atoms with Crippen LogP contribution >= 0.6 is 0 Å². The van der Waals surface area contributed by atoms with E-state index in [1.807, 2.05) is 0 Å². The van der Waals surface area contributed by atoms with Gasteiger partial charge in [-0.15, -0.1) is 0 Å². The Bertz CT molecular complexity index is 697. The van der Waals surface area contributed by atoms with E-state index in [0.29, 0.717) is 0 Å². The molecule has 1 aromatic carbocycles. The second kappa shape index (κ2) is 9.16. The zero-order valence-electron chi connectivity index (χ0n) is 15.7. The molecule has 0 aliphatic heterocycles. The summed E-state index contributed by atoms with van der Waals surface area (Å²) in [6, 6.07) is 4.21. The summed E-state index contributed by atoms with van der Waals surface area (Å²) in [5.74, 6) is -0.832. The van der Waals surface area contributed by atoms with Gasteiger partial charge in [-0.2, -0.15) is 0 Å². The van der Waals surface area contributed by atoms with Crippen molar-refractivity contribution in [3.05, 3.63) is 23.8 Å². The number of carbonyl (C=O) groups excluding carboxylic acids is 3. The molecule has 0 heterocycles. The molecule has 27 heavy (non-hydrogen) atoms. The average molecular weight is 372 g/mol. The minimum absolute atomic E-state index is 0.0443. The average Bonchev–Trinajstić information content (AvgIpc) is 2.70. The van der Waals surface area contributed by atoms with Crippen molar-refractivity contribution in [2.24, 2.45) is 11.8 Å². The Labute approximate surface area is 160 Å². The largest absolute Gasteiger partial charge is 0.507 e. The Balaban J connectivity index is 1.64. The summed E-state index contributed by atoms with van der Waals surface area (Å²) >= 11 is 0. The third-order valence-corrected chi connectivity index (χ3v) is 5.82. The molecule has 0 bridgehead atoms. The van der Waals surface area contributed by atoms with E-state index in [0.717, 1.165) is 64.2 Å². The van der Waals surface area contributed by atoms with Crippen LogP contribution in [0.5, 0.6) is 11.5 Å². The molecule has 5 heteroatoms. The quantitative estimate of drug-likeness (QED) is 0.342. The van der Waals surface area contributed by atoms with Crippen molar-refractivity contribution in [1.29, 1.82) is 0 Å². The highest BCUT2D eigenvalue weighted by molar-refractivity contribution is 6.10. The molecule has 1 aromatic rings. The molecule has 2 fully saturated rings. The summed E-state index contributed by atoms with van der Waals surface area (Å²) in [5, 5.41) is 10.0. The first kappa shape index (κ1) is 19.6. The SMILES string of the molecule is O=C(CC(=O)C1CCCCC1)c1cc(OC(=O)C2CCCCC2)ccc1O. The van der Waals surface area contributed by atoms with E-state index in [2.05, 4.69) is 0 Å². The molecule has 2 aliphatic rings. The van der Waals surface area contributed by atoms with Gasteiger partial charge in [0.25, 0.3) is 0 Å². The van der Waals surface area contributed by atoms with Crippen LogP contribution < -0.4 is 4.74 Å². The van der Waals surface area contributed by atoms with Gasteiger partial charge in [0.1, 0.15) is 17.3 Å². The van der Waals surface area contributed by atoms with Crippen molar-refractivity contribution < 1.29 is 24.2 Å². The number of aromatic hydroxyl groups is 1. The van der Waals surface area contributed by atoms with Gasteiger partial charge >= 0.3 is 5.97 Å². The summed E-state index contributed by atoms with van der Waals surface area (Å²) in [4.78, 5) is 37.2. The number of hydrogen-bond donors (Lipinski definition) is 1. The molecule has 0 radical (unpaired) electrons. The monoisotopic (exact) mass is 372 g/mol. The van der Waals surface area contributed by atoms with E-state index < -0.39 is 5.78 Å². The van der Waals surface area contributed by atoms with Crippen LogP contribution in [-0.2, 0) is 9.59 Å². The van der Waals surface area contributed by atoms with Gasteiger partial charge in [-0.05, 0) is 43.9 Å². The van der Waals surface area contributed by atoms with Gasteiger partial charge in [0.15, 0.2) is 5.78 Å². The van der Waals surface area contributed by atoms with Crippen molar-refractivity contribution >= 4 is 17.5 Å². The molecule has 0 atom stereocenters. The van der Waals surface area contributed by atoms with E-state index in [-0.39, 0.29) is 47.1 Å². The van der Waals surface area contributed by atoms with Crippen LogP contribution in [0.15, 0.2) is 18.2 Å². The van der Waals surface area contributed by atoms with E-state index in [1.165, 1.54) is 18.2 Å². The number of esters is 1. The summed E-state index contributed by atoms with van der Waals surface area (Å²) in [7, 11) is 0. The highest BCUT2D eigenvalue weighted by Gasteiger charge is 2.26. The standard InChI is InChI=1S/C22H28O5/c23-19-12-11-17(27-22(26)16-9-5-2-6-10-16)13-18(19)21(25)14-20(24)15-7-3-1-4-8-15/h11-13,15-16,23H,1-10,14H2. The van der Waals surface area contributed by atoms with Crippen LogP contribution in [0.1, 0.15) is 81.0 Å². The smallest absolute Gasteiger partial charge is 0.314 e. The van der Waals surface area contributed by atoms with Gasteiger partial charge in [0.05, 0.1) is 17.9 Å². The molecule has 0 unspecified atom stereocenters. The van der Waals surface area contributed by atoms with Crippen molar-refractivity contribution in [1.82, 2.24) is 0 Å². The number of rotatable bonds is 6. The Kier molecular flexibility index (Phi) is 6.64. The third kappa shape index (κ3) is 5.18. The lowest BCUT2D eigenvalue weighted by molar-refractivity contribution is -0.140. The molecule has 1 N–H and O–H groups in total. The molecule has 0 amide bonds. The number of benzene rings is 1. The Morgan fingerprint density at radius 3 is 2.11 bits per heavy atom. The Morgan fingerprint density at radius 2 is 1.48 bits per heavy atom. The molecule has 0 aromatic heterocycles. The molecule has 3 rings (SSSR count). The lowest BCUT2D eigenvalue weighted by Crippen LogP contribution is -2.23. The number of ketones is 2. The van der Waals surface area contributed by atoms with E-state index >= 15 is 0 Å². The molecule has 2 saturated carbocycles. The van der Waals surface area contributed by atoms with Crippen LogP contribution in [0, 0.1) is 11.8 Å². The molecule has 0 spiro atoms. The van der Waals surface area contributed by atoms with Crippen LogP contribution in [0.2, 0.25) is 0 Å². The van der Waals surface area contributed by atoms with Crippen LogP contribution in [0.4, 0.5) is 0 Å². The maximum Gasteiger partial charge on any atom is 0.314 e. The maximum absolute atomic E-state index is 12.5. The third-order valence-electron chi connectivity index (χ3n) is 5.82. The second-order valence-electron chi connectivity index (χ2n) is 7.84. The Morgan fingerprint density at radius 1 is 0.889 bits per heavy atom. The first-order chi connectivity index (χ1) is 13.0. The van der Waals surface area contributed by atoms with Crippen molar-refractivity contribution in [2.75, 3.05) is 0 Å². The number of phenolic OH excluding ortho intramolecular Hbond substituents is 1. The van der Waals surface area contributed by atoms with E-state index in [4.69, 9.17) is 4.74 Å². The number of phenols is 1. The van der Waals surface area contributed by atoms with Crippen LogP contribution in [-0.4, -0.2) is 22.6 Å². The molecular formula is C22H28O5. The van der Waals surface area contributed by atoms with E-state index in [9.17, 15) is 19.5 Å². The highest BCUT2D eigenvalue weighted by Crippen LogP contribution is 2.30. The van der Waals surface area contributed by atoms with Crippen LogP contribution in [0.25, 0.3) is 0 Å². The molecule has 0 saturated heterocycles. The number of Topliss-reactive ketones (excluding diaryl/α,β-unsaturated/α-hetero) is 2. The van der Waals surface area contributed by atoms with Crippen molar-refractivity contribution in [3.63, 3.8) is 0 Å². The zero-order valence-corrected chi connectivity index (χ0v) is 15.7. The van der Waals surface area contributed by atoms with Gasteiger partial charge in [-0.1, -0.05) is 38.5 Å². The van der Waals surface area contributed by atoms with Gasteiger partial charge in [0, 0.05) is 5.92 Å². The lowest BCUT2D eigenvalue weighted by atomic mass is 9.84. The predicted molar refractivity (Wildman–Crippen MR) is 101 cm³/mol. The van der Waals surface area contributed by atoms with Gasteiger partial charge in [-0.3, -0.25) is 14.4 Å². The molecule has 146 valence electrons. The minimum atomic E-state index is -0.418. The highest BCUT2D eigenvalue weighted by atomic mass is 16.5. The summed E-state index contributed by atoms with van der Waals surface area (Å²) in [5.41, 5.74) is 0.0492. The van der Waals surface area contributed by atoms with Gasteiger partial charge in [0.2, 0.25) is 0 Å². The summed E-state index contributed by atoms with van der Waals surface area (Å²) < 4.78 is 5.43. The van der Waals surface area contributed by atoms with Crippen molar-refractivity contribution in [3.8, 4) is 11.5 Å². The predicted octanol–water partition coefficient (Wildman–Crippen LogP) is 4.60. The fraction of sp³-hybridized carbons (Fsp3) is 0.591. The number of ether oxygens (including phenoxy) is 1.